The zero-order chi connectivity index (χ0) is 18.0. The summed E-state index contributed by atoms with van der Waals surface area (Å²) < 4.78 is 0. The zero-order valence-corrected chi connectivity index (χ0v) is 14.7. The van der Waals surface area contributed by atoms with Gasteiger partial charge in [-0.1, -0.05) is 11.2 Å². The van der Waals surface area contributed by atoms with E-state index in [9.17, 15) is 4.79 Å². The summed E-state index contributed by atoms with van der Waals surface area (Å²) in [5, 5.41) is 6.88. The van der Waals surface area contributed by atoms with E-state index in [1.54, 1.807) is 24.5 Å². The third-order valence-corrected chi connectivity index (χ3v) is 4.75. The molecule has 1 spiro atoms. The van der Waals surface area contributed by atoms with E-state index in [0.29, 0.717) is 17.8 Å². The average Bonchev–Trinajstić information content (AvgIpc) is 3.23. The first kappa shape index (κ1) is 16.7. The zero-order valence-electron chi connectivity index (χ0n) is 14.7. The molecule has 0 bridgehead atoms. The second-order valence-corrected chi connectivity index (χ2v) is 6.92. The minimum Gasteiger partial charge on any atom is -0.387 e. The second kappa shape index (κ2) is 6.84. The van der Waals surface area contributed by atoms with Crippen molar-refractivity contribution in [2.75, 3.05) is 18.4 Å². The predicted octanol–water partition coefficient (Wildman–Crippen LogP) is 2.14. The summed E-state index contributed by atoms with van der Waals surface area (Å²) in [7, 11) is 0. The molecule has 0 saturated carbocycles. The van der Waals surface area contributed by atoms with Gasteiger partial charge in [-0.3, -0.25) is 19.7 Å². The van der Waals surface area contributed by atoms with Crippen LogP contribution in [-0.2, 0) is 16.2 Å². The number of anilines is 1. The maximum absolute atomic E-state index is 12.4. The highest BCUT2D eigenvalue weighted by Crippen LogP contribution is 2.34. The van der Waals surface area contributed by atoms with Crippen molar-refractivity contribution in [3.05, 3.63) is 54.1 Å². The summed E-state index contributed by atoms with van der Waals surface area (Å²) in [6, 6.07) is 9.63. The molecule has 0 aromatic carbocycles. The highest BCUT2D eigenvalue weighted by Gasteiger charge is 2.46. The number of nitrogens with zero attached hydrogens (tertiary/aromatic N) is 4. The van der Waals surface area contributed by atoms with Gasteiger partial charge in [0.2, 0.25) is 0 Å². The number of rotatable bonds is 4. The van der Waals surface area contributed by atoms with Crippen LogP contribution in [-0.4, -0.2) is 45.2 Å². The minimum atomic E-state index is -0.397. The van der Waals surface area contributed by atoms with Crippen LogP contribution in [0.5, 0.6) is 0 Å². The van der Waals surface area contributed by atoms with Crippen molar-refractivity contribution in [2.45, 2.75) is 31.9 Å². The van der Waals surface area contributed by atoms with Gasteiger partial charge < -0.3 is 10.2 Å². The van der Waals surface area contributed by atoms with Crippen LogP contribution in [0.25, 0.3) is 0 Å². The van der Waals surface area contributed by atoms with Gasteiger partial charge >= 0.3 is 0 Å². The molecule has 1 atom stereocenters. The topological polar surface area (TPSA) is 79.7 Å². The predicted molar refractivity (Wildman–Crippen MR) is 97.6 cm³/mol. The summed E-state index contributed by atoms with van der Waals surface area (Å²) >= 11 is 0. The van der Waals surface area contributed by atoms with Crippen LogP contribution < -0.4 is 5.32 Å². The second-order valence-electron chi connectivity index (χ2n) is 6.92. The van der Waals surface area contributed by atoms with Gasteiger partial charge in [0, 0.05) is 44.4 Å². The van der Waals surface area contributed by atoms with Gasteiger partial charge in [0.15, 0.2) is 5.60 Å². The number of nitrogens with one attached hydrogen (secondary N) is 1. The van der Waals surface area contributed by atoms with E-state index in [1.807, 2.05) is 25.1 Å². The Morgan fingerprint density at radius 3 is 3.08 bits per heavy atom. The van der Waals surface area contributed by atoms with Crippen molar-refractivity contribution in [1.29, 1.82) is 0 Å². The highest BCUT2D eigenvalue weighted by atomic mass is 16.7. The number of hydrogen-bond donors (Lipinski definition) is 1. The number of likely N-dealkylation sites (tertiary alicyclic amines) is 1. The Morgan fingerprint density at radius 2 is 2.27 bits per heavy atom. The summed E-state index contributed by atoms with van der Waals surface area (Å²) in [5.74, 6) is -0.228. The summed E-state index contributed by atoms with van der Waals surface area (Å²) in [5.41, 5.74) is 2.76. The number of hydrogen-bond acceptors (Lipinski definition) is 6. The molecule has 1 amide bonds. The van der Waals surface area contributed by atoms with Crippen molar-refractivity contribution in [3.63, 3.8) is 0 Å². The Balaban J connectivity index is 1.35. The number of carbonyl (C=O) groups is 1. The number of carbonyl (C=O) groups excluding carboxylic acids is 1. The van der Waals surface area contributed by atoms with Crippen LogP contribution in [0.3, 0.4) is 0 Å². The fraction of sp³-hybridized carbons (Fsp3) is 0.368. The standard InChI is InChI=1S/C19H21N5O2/c1-14-4-2-5-16(21-14)12-24-9-7-19(13-24)10-17(23-26-19)18(25)22-15-6-3-8-20-11-15/h2-6,8,11H,7,9-10,12-13H2,1H3,(H,22,25). The Morgan fingerprint density at radius 1 is 1.35 bits per heavy atom. The van der Waals surface area contributed by atoms with Crippen molar-refractivity contribution in [3.8, 4) is 0 Å². The number of aryl methyl sites for hydroxylation is 1. The van der Waals surface area contributed by atoms with Gasteiger partial charge in [0.1, 0.15) is 5.71 Å². The molecule has 1 N–H and O–H groups in total. The molecule has 1 saturated heterocycles. The molecule has 7 nitrogen and oxygen atoms in total. The minimum absolute atomic E-state index is 0.228. The molecule has 7 heteroatoms. The van der Waals surface area contributed by atoms with Gasteiger partial charge in [0.25, 0.3) is 5.91 Å². The normalized spacial score (nSPS) is 22.3. The van der Waals surface area contributed by atoms with Crippen LogP contribution >= 0.6 is 0 Å². The average molecular weight is 351 g/mol. The van der Waals surface area contributed by atoms with Crippen LogP contribution in [0.2, 0.25) is 0 Å². The smallest absolute Gasteiger partial charge is 0.273 e. The van der Waals surface area contributed by atoms with Gasteiger partial charge in [-0.05, 0) is 31.2 Å². The van der Waals surface area contributed by atoms with Gasteiger partial charge in [-0.2, -0.15) is 0 Å². The van der Waals surface area contributed by atoms with E-state index in [-0.39, 0.29) is 5.91 Å². The Labute approximate surface area is 152 Å². The molecule has 4 heterocycles. The lowest BCUT2D eigenvalue weighted by Gasteiger charge is -2.21. The van der Waals surface area contributed by atoms with Crippen molar-refractivity contribution < 1.29 is 9.63 Å². The molecule has 26 heavy (non-hydrogen) atoms. The monoisotopic (exact) mass is 351 g/mol. The fourth-order valence-electron chi connectivity index (χ4n) is 3.48. The molecule has 2 aliphatic rings. The van der Waals surface area contributed by atoms with Gasteiger partial charge in [-0.15, -0.1) is 0 Å². The number of oxime groups is 1. The molecule has 4 rings (SSSR count). The van der Waals surface area contributed by atoms with E-state index >= 15 is 0 Å². The van der Waals surface area contributed by atoms with E-state index in [0.717, 1.165) is 37.4 Å². The van der Waals surface area contributed by atoms with Crippen LogP contribution in [0, 0.1) is 6.92 Å². The van der Waals surface area contributed by atoms with Crippen molar-refractivity contribution in [1.82, 2.24) is 14.9 Å². The molecule has 2 aromatic rings. The lowest BCUT2D eigenvalue weighted by Crippen LogP contribution is -2.35. The fourth-order valence-corrected chi connectivity index (χ4v) is 3.48. The first-order chi connectivity index (χ1) is 12.6. The van der Waals surface area contributed by atoms with Crippen molar-refractivity contribution in [2.24, 2.45) is 5.16 Å². The summed E-state index contributed by atoms with van der Waals surface area (Å²) in [6.07, 6.45) is 4.65. The molecule has 1 fully saturated rings. The molecule has 134 valence electrons. The SMILES string of the molecule is Cc1cccc(CN2CCC3(CC(C(=O)Nc4cccnc4)=NO3)C2)n1. The Hall–Kier alpha value is -2.80. The lowest BCUT2D eigenvalue weighted by molar-refractivity contribution is -0.110. The molecule has 0 radical (unpaired) electrons. The highest BCUT2D eigenvalue weighted by molar-refractivity contribution is 6.43. The van der Waals surface area contributed by atoms with Crippen LogP contribution in [0.1, 0.15) is 24.2 Å². The van der Waals surface area contributed by atoms with E-state index in [4.69, 9.17) is 4.84 Å². The van der Waals surface area contributed by atoms with E-state index in [1.165, 1.54) is 0 Å². The van der Waals surface area contributed by atoms with Crippen LogP contribution in [0.15, 0.2) is 47.9 Å². The Kier molecular flexibility index (Phi) is 4.38. The van der Waals surface area contributed by atoms with Crippen molar-refractivity contribution >= 4 is 17.3 Å². The molecule has 1 unspecified atom stereocenters. The number of pyridine rings is 2. The molecular weight excluding hydrogens is 330 g/mol. The van der Waals surface area contributed by atoms with Gasteiger partial charge in [0.05, 0.1) is 17.6 Å². The maximum atomic E-state index is 12.4. The Bertz CT molecular complexity index is 839. The third kappa shape index (κ3) is 3.57. The molecule has 0 aliphatic carbocycles. The number of amides is 1. The van der Waals surface area contributed by atoms with E-state index in [2.05, 4.69) is 25.3 Å². The molecular formula is C19H21N5O2. The quantitative estimate of drug-likeness (QED) is 0.913. The summed E-state index contributed by atoms with van der Waals surface area (Å²) in [6.45, 7) is 4.43. The maximum Gasteiger partial charge on any atom is 0.273 e. The first-order valence-electron chi connectivity index (χ1n) is 8.73. The largest absolute Gasteiger partial charge is 0.387 e. The van der Waals surface area contributed by atoms with E-state index < -0.39 is 5.60 Å². The summed E-state index contributed by atoms with van der Waals surface area (Å²) in [4.78, 5) is 29.0. The van der Waals surface area contributed by atoms with Crippen LogP contribution in [0.4, 0.5) is 5.69 Å². The number of aromatic nitrogens is 2. The molecule has 2 aromatic heterocycles. The lowest BCUT2D eigenvalue weighted by atomic mass is 9.96. The third-order valence-electron chi connectivity index (χ3n) is 4.75. The first-order valence-corrected chi connectivity index (χ1v) is 8.73. The van der Waals surface area contributed by atoms with Gasteiger partial charge in [-0.25, -0.2) is 0 Å². The molecule has 2 aliphatic heterocycles.